The van der Waals surface area contributed by atoms with Crippen molar-refractivity contribution in [1.82, 2.24) is 5.32 Å². The van der Waals surface area contributed by atoms with Crippen LogP contribution in [0.3, 0.4) is 0 Å². The maximum absolute atomic E-state index is 13.5. The van der Waals surface area contributed by atoms with Crippen molar-refractivity contribution in [3.8, 4) is 0 Å². The first kappa shape index (κ1) is 16.9. The summed E-state index contributed by atoms with van der Waals surface area (Å²) >= 11 is 5.89. The highest BCUT2D eigenvalue weighted by Gasteiger charge is 2.17. The Labute approximate surface area is 147 Å². The summed E-state index contributed by atoms with van der Waals surface area (Å²) in [5.41, 5.74) is 2.99. The normalized spacial score (nSPS) is 12.4. The van der Waals surface area contributed by atoms with Gasteiger partial charge in [-0.25, -0.2) is 4.39 Å². The Bertz CT molecular complexity index is 630. The molecular weight excluding hydrogens is 444 g/mol. The third kappa shape index (κ3) is 4.27. The molecule has 0 aliphatic heterocycles. The minimum Gasteiger partial charge on any atom is -0.306 e. The molecule has 1 N–H and O–H groups in total. The van der Waals surface area contributed by atoms with Crippen molar-refractivity contribution in [2.45, 2.75) is 26.3 Å². The van der Waals surface area contributed by atoms with E-state index in [0.29, 0.717) is 5.56 Å². The van der Waals surface area contributed by atoms with Gasteiger partial charge in [0.25, 0.3) is 0 Å². The van der Waals surface area contributed by atoms with E-state index in [0.717, 1.165) is 23.0 Å². The second kappa shape index (κ2) is 7.70. The van der Waals surface area contributed by atoms with Crippen LogP contribution < -0.4 is 5.32 Å². The first-order valence-corrected chi connectivity index (χ1v) is 8.84. The molecule has 2 aromatic carbocycles. The Hall–Kier alpha value is -0.460. The van der Waals surface area contributed by atoms with E-state index >= 15 is 0 Å². The van der Waals surface area contributed by atoms with Crippen molar-refractivity contribution >= 4 is 38.5 Å². The van der Waals surface area contributed by atoms with E-state index in [-0.39, 0.29) is 11.9 Å². The maximum Gasteiger partial charge on any atom is 0.126 e. The van der Waals surface area contributed by atoms with Crippen LogP contribution in [-0.2, 0) is 0 Å². The maximum atomic E-state index is 13.5. The number of hydrogen-bond donors (Lipinski definition) is 1. The average Bonchev–Trinajstić information content (AvgIpc) is 2.46. The highest BCUT2D eigenvalue weighted by molar-refractivity contribution is 14.1. The molecule has 0 saturated carbocycles. The average molecular weight is 462 g/mol. The van der Waals surface area contributed by atoms with Crippen molar-refractivity contribution in [1.29, 1.82) is 0 Å². The minimum absolute atomic E-state index is 0.0775. The van der Waals surface area contributed by atoms with Crippen LogP contribution in [0, 0.1) is 16.3 Å². The standard InChI is InChI=1S/C17H18BrFIN/c1-3-8-21-17(12-4-6-15(19)11(2)9-12)14-10-13(18)5-7-16(14)20/h4-7,9-10,17,21H,3,8H2,1-2H3. The Balaban J connectivity index is 2.46. The van der Waals surface area contributed by atoms with Crippen LogP contribution in [0.4, 0.5) is 4.39 Å². The summed E-state index contributed by atoms with van der Waals surface area (Å²) in [4.78, 5) is 0. The minimum atomic E-state index is -0.156. The van der Waals surface area contributed by atoms with Crippen molar-refractivity contribution in [3.05, 3.63) is 66.9 Å². The molecule has 0 heterocycles. The molecule has 0 bridgehead atoms. The fourth-order valence-electron chi connectivity index (χ4n) is 2.28. The molecule has 0 aliphatic rings. The first-order chi connectivity index (χ1) is 10.0. The molecule has 1 unspecified atom stereocenters. The predicted molar refractivity (Wildman–Crippen MR) is 98.1 cm³/mol. The summed E-state index contributed by atoms with van der Waals surface area (Å²) in [6.45, 7) is 4.87. The summed E-state index contributed by atoms with van der Waals surface area (Å²) in [5.74, 6) is -0.156. The van der Waals surface area contributed by atoms with Crippen LogP contribution in [-0.4, -0.2) is 6.54 Å². The van der Waals surface area contributed by atoms with Crippen LogP contribution in [0.5, 0.6) is 0 Å². The molecule has 1 atom stereocenters. The second-order valence-corrected chi connectivity index (χ2v) is 7.14. The van der Waals surface area contributed by atoms with Crippen molar-refractivity contribution in [3.63, 3.8) is 0 Å². The molecule has 0 aromatic heterocycles. The van der Waals surface area contributed by atoms with Crippen molar-refractivity contribution < 1.29 is 4.39 Å². The Morgan fingerprint density at radius 3 is 2.67 bits per heavy atom. The van der Waals surface area contributed by atoms with E-state index in [4.69, 9.17) is 0 Å². The predicted octanol–water partition coefficient (Wildman–Crippen LogP) is 5.59. The lowest BCUT2D eigenvalue weighted by Gasteiger charge is -2.22. The Morgan fingerprint density at radius 1 is 1.24 bits per heavy atom. The van der Waals surface area contributed by atoms with Gasteiger partial charge in [-0.3, -0.25) is 0 Å². The van der Waals surface area contributed by atoms with Gasteiger partial charge in [0.15, 0.2) is 0 Å². The van der Waals surface area contributed by atoms with Gasteiger partial charge in [-0.05, 0) is 83.4 Å². The van der Waals surface area contributed by atoms with E-state index in [9.17, 15) is 4.39 Å². The van der Waals surface area contributed by atoms with Gasteiger partial charge in [-0.1, -0.05) is 35.0 Å². The lowest BCUT2D eigenvalue weighted by molar-refractivity contribution is 0.588. The molecular formula is C17H18BrFIN. The van der Waals surface area contributed by atoms with Gasteiger partial charge in [0.1, 0.15) is 5.82 Å². The number of halogens is 3. The van der Waals surface area contributed by atoms with Gasteiger partial charge in [-0.2, -0.15) is 0 Å². The van der Waals surface area contributed by atoms with E-state index in [1.165, 1.54) is 9.13 Å². The number of rotatable bonds is 5. The number of aryl methyl sites for hydroxylation is 1. The Morgan fingerprint density at radius 2 is 2.00 bits per heavy atom. The fraction of sp³-hybridized carbons (Fsp3) is 0.294. The zero-order valence-electron chi connectivity index (χ0n) is 12.1. The largest absolute Gasteiger partial charge is 0.306 e. The topological polar surface area (TPSA) is 12.0 Å². The van der Waals surface area contributed by atoms with Gasteiger partial charge >= 0.3 is 0 Å². The van der Waals surface area contributed by atoms with Gasteiger partial charge in [0.05, 0.1) is 6.04 Å². The number of benzene rings is 2. The van der Waals surface area contributed by atoms with Crippen LogP contribution in [0.25, 0.3) is 0 Å². The summed E-state index contributed by atoms with van der Waals surface area (Å²) in [6, 6.07) is 11.7. The summed E-state index contributed by atoms with van der Waals surface area (Å²) in [7, 11) is 0. The molecule has 0 fully saturated rings. The number of nitrogens with one attached hydrogen (secondary N) is 1. The lowest BCUT2D eigenvalue weighted by atomic mass is 9.97. The van der Waals surface area contributed by atoms with Gasteiger partial charge in [0.2, 0.25) is 0 Å². The zero-order chi connectivity index (χ0) is 15.4. The zero-order valence-corrected chi connectivity index (χ0v) is 15.8. The smallest absolute Gasteiger partial charge is 0.126 e. The molecule has 1 nitrogen and oxygen atoms in total. The van der Waals surface area contributed by atoms with Gasteiger partial charge < -0.3 is 5.32 Å². The molecule has 2 aromatic rings. The van der Waals surface area contributed by atoms with E-state index in [1.807, 2.05) is 25.1 Å². The molecule has 0 radical (unpaired) electrons. The second-order valence-electron chi connectivity index (χ2n) is 5.06. The van der Waals surface area contributed by atoms with Gasteiger partial charge in [-0.15, -0.1) is 0 Å². The van der Waals surface area contributed by atoms with Crippen LogP contribution in [0.15, 0.2) is 40.9 Å². The summed E-state index contributed by atoms with van der Waals surface area (Å²) in [5, 5.41) is 3.57. The molecule has 0 amide bonds. The van der Waals surface area contributed by atoms with Crippen LogP contribution in [0.2, 0.25) is 0 Å². The summed E-state index contributed by atoms with van der Waals surface area (Å²) < 4.78 is 15.8. The van der Waals surface area contributed by atoms with Crippen LogP contribution >= 0.6 is 38.5 Å². The van der Waals surface area contributed by atoms with Crippen molar-refractivity contribution in [2.75, 3.05) is 6.54 Å². The SMILES string of the molecule is CCCNC(c1ccc(F)c(C)c1)c1cc(Br)ccc1I. The van der Waals surface area contributed by atoms with E-state index < -0.39 is 0 Å². The molecule has 4 heteroatoms. The van der Waals surface area contributed by atoms with Crippen LogP contribution in [0.1, 0.15) is 36.1 Å². The highest BCUT2D eigenvalue weighted by atomic mass is 127. The molecule has 0 saturated heterocycles. The third-order valence-electron chi connectivity index (χ3n) is 3.38. The molecule has 2 rings (SSSR count). The van der Waals surface area contributed by atoms with E-state index in [2.05, 4.69) is 62.9 Å². The lowest BCUT2D eigenvalue weighted by Crippen LogP contribution is -2.24. The van der Waals surface area contributed by atoms with E-state index in [1.54, 1.807) is 6.07 Å². The first-order valence-electron chi connectivity index (χ1n) is 6.97. The molecule has 0 aliphatic carbocycles. The quantitative estimate of drug-likeness (QED) is 0.572. The molecule has 112 valence electrons. The third-order valence-corrected chi connectivity index (χ3v) is 4.86. The molecule has 21 heavy (non-hydrogen) atoms. The molecule has 0 spiro atoms. The van der Waals surface area contributed by atoms with Crippen molar-refractivity contribution in [2.24, 2.45) is 0 Å². The summed E-state index contributed by atoms with van der Waals surface area (Å²) in [6.07, 6.45) is 1.06. The highest BCUT2D eigenvalue weighted by Crippen LogP contribution is 2.29. The fourth-order valence-corrected chi connectivity index (χ4v) is 3.31. The number of hydrogen-bond acceptors (Lipinski definition) is 1. The monoisotopic (exact) mass is 461 g/mol. The Kier molecular flexibility index (Phi) is 6.20. The van der Waals surface area contributed by atoms with Gasteiger partial charge in [0, 0.05) is 8.04 Å².